The zero-order valence-electron chi connectivity index (χ0n) is 9.80. The van der Waals surface area contributed by atoms with Gasteiger partial charge in [-0.3, -0.25) is 4.90 Å². The highest BCUT2D eigenvalue weighted by atomic mass is 32.2. The van der Waals surface area contributed by atoms with Crippen LogP contribution in [0.4, 0.5) is 0 Å². The van der Waals surface area contributed by atoms with Gasteiger partial charge in [0.2, 0.25) is 10.0 Å². The van der Waals surface area contributed by atoms with Gasteiger partial charge >= 0.3 is 0 Å². The molecule has 0 bridgehead atoms. The lowest BCUT2D eigenvalue weighted by atomic mass is 10.0. The molecule has 0 radical (unpaired) electrons. The minimum Gasteiger partial charge on any atom is -0.293 e. The first-order chi connectivity index (χ1) is 8.04. The lowest BCUT2D eigenvalue weighted by molar-refractivity contribution is 0.0779. The molecule has 0 spiro atoms. The van der Waals surface area contributed by atoms with Crippen molar-refractivity contribution in [2.45, 2.75) is 19.0 Å². The van der Waals surface area contributed by atoms with Gasteiger partial charge in [0.1, 0.15) is 0 Å². The first-order valence-corrected chi connectivity index (χ1v) is 8.51. The lowest BCUT2D eigenvalue weighted by Gasteiger charge is -2.45. The van der Waals surface area contributed by atoms with Crippen molar-refractivity contribution in [1.82, 2.24) is 9.21 Å². The molecule has 4 nitrogen and oxygen atoms in total. The van der Waals surface area contributed by atoms with Crippen LogP contribution in [-0.2, 0) is 23.0 Å². The maximum absolute atomic E-state index is 11.3. The number of hydrogen-bond donors (Lipinski definition) is 0. The van der Waals surface area contributed by atoms with Crippen LogP contribution in [0.2, 0.25) is 0 Å². The quantitative estimate of drug-likeness (QED) is 0.798. The van der Waals surface area contributed by atoms with E-state index in [2.05, 4.69) is 16.3 Å². The Bertz CT molecular complexity index is 517. The fraction of sp³-hybridized carbons (Fsp3) is 0.636. The summed E-state index contributed by atoms with van der Waals surface area (Å²) in [7, 11) is -2.98. The summed E-state index contributed by atoms with van der Waals surface area (Å²) < 4.78 is 24.2. The van der Waals surface area contributed by atoms with Crippen LogP contribution >= 0.6 is 11.3 Å². The average Bonchev–Trinajstić information content (AvgIpc) is 2.59. The second-order valence-corrected chi connectivity index (χ2v) is 7.81. The number of rotatable bonds is 2. The van der Waals surface area contributed by atoms with Gasteiger partial charge in [-0.2, -0.15) is 4.31 Å². The molecule has 1 aromatic rings. The van der Waals surface area contributed by atoms with E-state index in [-0.39, 0.29) is 0 Å². The van der Waals surface area contributed by atoms with Gasteiger partial charge in [-0.25, -0.2) is 8.42 Å². The van der Waals surface area contributed by atoms with E-state index in [0.29, 0.717) is 19.1 Å². The smallest absolute Gasteiger partial charge is 0.211 e. The number of thiophene rings is 1. The van der Waals surface area contributed by atoms with E-state index in [4.69, 9.17) is 0 Å². The number of sulfonamides is 1. The molecule has 1 fully saturated rings. The van der Waals surface area contributed by atoms with E-state index in [0.717, 1.165) is 19.5 Å². The molecule has 1 saturated heterocycles. The van der Waals surface area contributed by atoms with Gasteiger partial charge in [-0.05, 0) is 23.4 Å². The van der Waals surface area contributed by atoms with Gasteiger partial charge < -0.3 is 0 Å². The normalized spacial score (nSPS) is 23.4. The Kier molecular flexibility index (Phi) is 2.77. The van der Waals surface area contributed by atoms with Crippen molar-refractivity contribution in [3.8, 4) is 0 Å². The summed E-state index contributed by atoms with van der Waals surface area (Å²) in [5.41, 5.74) is 1.43. The fourth-order valence-electron chi connectivity index (χ4n) is 2.50. The summed E-state index contributed by atoms with van der Waals surface area (Å²) in [6, 6.07) is 2.61. The Morgan fingerprint density at radius 2 is 2.18 bits per heavy atom. The molecule has 3 rings (SSSR count). The Morgan fingerprint density at radius 1 is 1.41 bits per heavy atom. The van der Waals surface area contributed by atoms with Crippen LogP contribution < -0.4 is 0 Å². The first kappa shape index (κ1) is 11.6. The molecule has 0 saturated carbocycles. The van der Waals surface area contributed by atoms with Crippen LogP contribution in [-0.4, -0.2) is 49.6 Å². The van der Waals surface area contributed by atoms with Crippen LogP contribution in [0.1, 0.15) is 10.4 Å². The molecule has 94 valence electrons. The van der Waals surface area contributed by atoms with Gasteiger partial charge in [0.05, 0.1) is 6.26 Å². The molecule has 0 N–H and O–H groups in total. The SMILES string of the molecule is CS(=O)(=O)N1CC(N2CCc3sccc3C2)C1. The number of nitrogens with zero attached hydrogens (tertiary/aromatic N) is 2. The molecular weight excluding hydrogens is 256 g/mol. The molecule has 2 aliphatic heterocycles. The lowest BCUT2D eigenvalue weighted by Crippen LogP contribution is -2.61. The Labute approximate surface area is 106 Å². The van der Waals surface area contributed by atoms with Crippen LogP contribution in [0.25, 0.3) is 0 Å². The second-order valence-electron chi connectivity index (χ2n) is 4.82. The summed E-state index contributed by atoms with van der Waals surface area (Å²) in [6.07, 6.45) is 2.40. The zero-order chi connectivity index (χ0) is 12.0. The molecule has 0 aliphatic carbocycles. The molecule has 6 heteroatoms. The summed E-state index contributed by atoms with van der Waals surface area (Å²) in [4.78, 5) is 3.91. The highest BCUT2D eigenvalue weighted by molar-refractivity contribution is 7.88. The van der Waals surface area contributed by atoms with E-state index in [9.17, 15) is 8.42 Å². The van der Waals surface area contributed by atoms with Gasteiger partial charge in [0.25, 0.3) is 0 Å². The molecule has 1 aromatic heterocycles. The predicted molar refractivity (Wildman–Crippen MR) is 68.6 cm³/mol. The molecule has 0 atom stereocenters. The largest absolute Gasteiger partial charge is 0.293 e. The van der Waals surface area contributed by atoms with Crippen LogP contribution in [0.5, 0.6) is 0 Å². The van der Waals surface area contributed by atoms with Crippen LogP contribution in [0.3, 0.4) is 0 Å². The molecule has 0 unspecified atom stereocenters. The van der Waals surface area contributed by atoms with Crippen molar-refractivity contribution in [3.05, 3.63) is 21.9 Å². The van der Waals surface area contributed by atoms with Crippen LogP contribution in [0.15, 0.2) is 11.4 Å². The topological polar surface area (TPSA) is 40.6 Å². The van der Waals surface area contributed by atoms with E-state index in [1.165, 1.54) is 16.7 Å². The van der Waals surface area contributed by atoms with Crippen LogP contribution in [0, 0.1) is 0 Å². The van der Waals surface area contributed by atoms with Gasteiger partial charge in [-0.1, -0.05) is 0 Å². The Balaban J connectivity index is 1.63. The Morgan fingerprint density at radius 3 is 2.88 bits per heavy atom. The highest BCUT2D eigenvalue weighted by Crippen LogP contribution is 2.28. The third kappa shape index (κ3) is 2.14. The van der Waals surface area contributed by atoms with E-state index in [1.807, 2.05) is 11.3 Å². The third-order valence-corrected chi connectivity index (χ3v) is 5.91. The first-order valence-electron chi connectivity index (χ1n) is 5.78. The maximum atomic E-state index is 11.3. The monoisotopic (exact) mass is 272 g/mol. The minimum atomic E-state index is -2.98. The van der Waals surface area contributed by atoms with E-state index < -0.39 is 10.0 Å². The average molecular weight is 272 g/mol. The molecule has 0 amide bonds. The van der Waals surface area contributed by atoms with Gasteiger partial charge in [0, 0.05) is 37.1 Å². The maximum Gasteiger partial charge on any atom is 0.211 e. The predicted octanol–water partition coefficient (Wildman–Crippen LogP) is 0.750. The zero-order valence-corrected chi connectivity index (χ0v) is 11.4. The Hall–Kier alpha value is -0.430. The minimum absolute atomic E-state index is 0.415. The molecule has 17 heavy (non-hydrogen) atoms. The molecule has 3 heterocycles. The van der Waals surface area contributed by atoms with Crippen molar-refractivity contribution in [3.63, 3.8) is 0 Å². The van der Waals surface area contributed by atoms with Crippen molar-refractivity contribution < 1.29 is 8.42 Å². The van der Waals surface area contributed by atoms with Crippen molar-refractivity contribution in [1.29, 1.82) is 0 Å². The third-order valence-electron chi connectivity index (χ3n) is 3.65. The van der Waals surface area contributed by atoms with E-state index in [1.54, 1.807) is 4.31 Å². The molecular formula is C11H16N2O2S2. The van der Waals surface area contributed by atoms with Gasteiger partial charge in [-0.15, -0.1) is 11.3 Å². The summed E-state index contributed by atoms with van der Waals surface area (Å²) in [5, 5.41) is 2.15. The fourth-order valence-corrected chi connectivity index (χ4v) is 4.28. The number of fused-ring (bicyclic) bond motifs is 1. The van der Waals surface area contributed by atoms with Gasteiger partial charge in [0.15, 0.2) is 0 Å². The summed E-state index contributed by atoms with van der Waals surface area (Å²) in [5.74, 6) is 0. The summed E-state index contributed by atoms with van der Waals surface area (Å²) in [6.45, 7) is 3.38. The second kappa shape index (κ2) is 4.05. The van der Waals surface area contributed by atoms with Crippen molar-refractivity contribution in [2.75, 3.05) is 25.9 Å². The van der Waals surface area contributed by atoms with E-state index >= 15 is 0 Å². The highest BCUT2D eigenvalue weighted by Gasteiger charge is 2.37. The molecule has 0 aromatic carbocycles. The summed E-state index contributed by atoms with van der Waals surface area (Å²) >= 11 is 1.84. The standard InChI is InChI=1S/C11H16N2O2S2/c1-17(14,15)13-7-10(8-13)12-4-2-11-9(6-12)3-5-16-11/h3,5,10H,2,4,6-8H2,1H3. The van der Waals surface area contributed by atoms with Crippen molar-refractivity contribution >= 4 is 21.4 Å². The molecule has 2 aliphatic rings. The van der Waals surface area contributed by atoms with Crippen molar-refractivity contribution in [2.24, 2.45) is 0 Å². The number of hydrogen-bond acceptors (Lipinski definition) is 4.